The molecule has 1 fully saturated rings. The molecule has 4 N–H and O–H groups in total. The molecule has 0 bridgehead atoms. The fourth-order valence-electron chi connectivity index (χ4n) is 1.03. The van der Waals surface area contributed by atoms with Crippen LogP contribution in [-0.4, -0.2) is 53.5 Å². The molecule has 0 unspecified atom stereocenters. The number of ether oxygens (including phenoxy) is 1. The van der Waals surface area contributed by atoms with E-state index in [0.29, 0.717) is 12.5 Å². The number of amides is 1. The van der Waals surface area contributed by atoms with E-state index in [9.17, 15) is 4.79 Å². The van der Waals surface area contributed by atoms with Gasteiger partial charge in [-0.2, -0.15) is 0 Å². The second kappa shape index (κ2) is 7.57. The van der Waals surface area contributed by atoms with E-state index in [1.165, 1.54) is 0 Å². The lowest BCUT2D eigenvalue weighted by molar-refractivity contribution is -0.159. The molecule has 0 saturated carbocycles. The minimum absolute atomic E-state index is 0.320. The topological polar surface area (TPSA) is 125 Å². The van der Waals surface area contributed by atoms with Gasteiger partial charge in [-0.05, 0) is 20.8 Å². The predicted octanol–water partition coefficient (Wildman–Crippen LogP) is -0.114. The molecule has 1 heterocycles. The van der Waals surface area contributed by atoms with Gasteiger partial charge >= 0.3 is 18.0 Å². The van der Waals surface area contributed by atoms with Crippen molar-refractivity contribution in [1.82, 2.24) is 10.6 Å². The van der Waals surface area contributed by atoms with Crippen LogP contribution in [-0.2, 0) is 14.3 Å². The summed E-state index contributed by atoms with van der Waals surface area (Å²) in [6.07, 6.45) is -0.320. The molecule has 0 radical (unpaired) electrons. The summed E-state index contributed by atoms with van der Waals surface area (Å²) >= 11 is 0. The number of carboxylic acids is 2. The Morgan fingerprint density at radius 3 is 1.95 bits per heavy atom. The highest BCUT2D eigenvalue weighted by molar-refractivity contribution is 6.27. The molecule has 19 heavy (non-hydrogen) atoms. The van der Waals surface area contributed by atoms with E-state index in [4.69, 9.17) is 24.5 Å². The number of rotatable bonds is 2. The quantitative estimate of drug-likeness (QED) is 0.518. The number of carboxylic acid groups (broad SMARTS) is 2. The van der Waals surface area contributed by atoms with Gasteiger partial charge in [-0.15, -0.1) is 0 Å². The van der Waals surface area contributed by atoms with Crippen molar-refractivity contribution in [2.45, 2.75) is 26.4 Å². The zero-order valence-electron chi connectivity index (χ0n) is 11.2. The summed E-state index contributed by atoms with van der Waals surface area (Å²) in [5, 5.41) is 20.7. The van der Waals surface area contributed by atoms with Crippen molar-refractivity contribution in [3.8, 4) is 0 Å². The van der Waals surface area contributed by atoms with E-state index in [0.717, 1.165) is 13.1 Å². The Hall–Kier alpha value is -1.83. The van der Waals surface area contributed by atoms with Crippen LogP contribution in [0.25, 0.3) is 0 Å². The number of carbonyl (C=O) groups is 3. The number of nitrogens with one attached hydrogen (secondary N) is 2. The SMILES string of the molecule is CC(C)(C)OC(=O)NCC1CNC1.O=C(O)C(=O)O. The van der Waals surface area contributed by atoms with Gasteiger partial charge in [-0.1, -0.05) is 0 Å². The van der Waals surface area contributed by atoms with Crippen LogP contribution in [0.1, 0.15) is 20.8 Å². The summed E-state index contributed by atoms with van der Waals surface area (Å²) in [6, 6.07) is 0. The van der Waals surface area contributed by atoms with E-state index in [1.807, 2.05) is 20.8 Å². The van der Waals surface area contributed by atoms with E-state index in [2.05, 4.69) is 10.6 Å². The van der Waals surface area contributed by atoms with Gasteiger partial charge in [0.1, 0.15) is 5.60 Å². The number of aliphatic carboxylic acids is 2. The maximum absolute atomic E-state index is 11.1. The highest BCUT2D eigenvalue weighted by Gasteiger charge is 2.20. The lowest BCUT2D eigenvalue weighted by Crippen LogP contribution is -2.48. The van der Waals surface area contributed by atoms with Crippen LogP contribution in [0, 0.1) is 5.92 Å². The van der Waals surface area contributed by atoms with Crippen molar-refractivity contribution in [2.24, 2.45) is 5.92 Å². The van der Waals surface area contributed by atoms with Crippen molar-refractivity contribution in [3.63, 3.8) is 0 Å². The van der Waals surface area contributed by atoms with E-state index in [-0.39, 0.29) is 6.09 Å². The minimum Gasteiger partial charge on any atom is -0.473 e. The number of hydrogen-bond donors (Lipinski definition) is 4. The molecule has 1 saturated heterocycles. The van der Waals surface area contributed by atoms with Gasteiger partial charge in [-0.25, -0.2) is 14.4 Å². The maximum Gasteiger partial charge on any atom is 0.414 e. The largest absolute Gasteiger partial charge is 0.473 e. The first kappa shape index (κ1) is 17.2. The zero-order valence-corrected chi connectivity index (χ0v) is 11.2. The third kappa shape index (κ3) is 9.83. The number of alkyl carbamates (subject to hydrolysis) is 1. The monoisotopic (exact) mass is 276 g/mol. The standard InChI is InChI=1S/C9H18N2O2.C2H2O4/c1-9(2,3)13-8(12)11-6-7-4-10-5-7;3-1(4)2(5)6/h7,10H,4-6H2,1-3H3,(H,11,12);(H,3,4)(H,5,6). The Kier molecular flexibility index (Phi) is 6.84. The third-order valence-electron chi connectivity index (χ3n) is 1.98. The van der Waals surface area contributed by atoms with Gasteiger partial charge in [0.2, 0.25) is 0 Å². The lowest BCUT2D eigenvalue weighted by atomic mass is 10.0. The van der Waals surface area contributed by atoms with Gasteiger partial charge in [0, 0.05) is 25.6 Å². The van der Waals surface area contributed by atoms with Gasteiger partial charge in [0.25, 0.3) is 0 Å². The molecule has 0 aromatic rings. The molecule has 1 amide bonds. The predicted molar refractivity (Wildman–Crippen MR) is 65.9 cm³/mol. The second-order valence-corrected chi connectivity index (χ2v) is 5.02. The normalized spacial score (nSPS) is 14.5. The second-order valence-electron chi connectivity index (χ2n) is 5.02. The average molecular weight is 276 g/mol. The van der Waals surface area contributed by atoms with Crippen LogP contribution < -0.4 is 10.6 Å². The molecule has 0 aromatic heterocycles. The Labute approximate surface area is 111 Å². The van der Waals surface area contributed by atoms with Gasteiger partial charge in [-0.3, -0.25) is 0 Å². The highest BCUT2D eigenvalue weighted by atomic mass is 16.6. The molecule has 0 aliphatic carbocycles. The molecule has 1 aliphatic heterocycles. The van der Waals surface area contributed by atoms with Crippen LogP contribution in [0.5, 0.6) is 0 Å². The Morgan fingerprint density at radius 1 is 1.21 bits per heavy atom. The Morgan fingerprint density at radius 2 is 1.68 bits per heavy atom. The molecule has 0 aromatic carbocycles. The minimum atomic E-state index is -1.82. The summed E-state index contributed by atoms with van der Waals surface area (Å²) in [5.41, 5.74) is -0.401. The summed E-state index contributed by atoms with van der Waals surface area (Å²) < 4.78 is 5.09. The summed E-state index contributed by atoms with van der Waals surface area (Å²) in [7, 11) is 0. The van der Waals surface area contributed by atoms with Crippen LogP contribution in [0.2, 0.25) is 0 Å². The summed E-state index contributed by atoms with van der Waals surface area (Å²) in [6.45, 7) is 8.28. The fraction of sp³-hybridized carbons (Fsp3) is 0.727. The average Bonchev–Trinajstić information content (AvgIpc) is 2.12. The van der Waals surface area contributed by atoms with Gasteiger partial charge < -0.3 is 25.6 Å². The third-order valence-corrected chi connectivity index (χ3v) is 1.98. The van der Waals surface area contributed by atoms with Crippen molar-refractivity contribution < 1.29 is 29.3 Å². The molecule has 1 rings (SSSR count). The molecular weight excluding hydrogens is 256 g/mol. The van der Waals surface area contributed by atoms with Gasteiger partial charge in [0.15, 0.2) is 0 Å². The highest BCUT2D eigenvalue weighted by Crippen LogP contribution is 2.07. The molecular formula is C11H20N2O6. The first-order valence-corrected chi connectivity index (χ1v) is 5.75. The molecule has 1 aliphatic rings. The molecule has 0 atom stereocenters. The summed E-state index contributed by atoms with van der Waals surface area (Å²) in [5.74, 6) is -3.07. The lowest BCUT2D eigenvalue weighted by Gasteiger charge is -2.27. The van der Waals surface area contributed by atoms with Crippen LogP contribution in [0.15, 0.2) is 0 Å². The maximum atomic E-state index is 11.1. The Balaban J connectivity index is 0.000000459. The van der Waals surface area contributed by atoms with E-state index < -0.39 is 17.5 Å². The first-order valence-electron chi connectivity index (χ1n) is 5.75. The molecule has 8 nitrogen and oxygen atoms in total. The Bertz CT molecular complexity index is 321. The van der Waals surface area contributed by atoms with E-state index >= 15 is 0 Å². The van der Waals surface area contributed by atoms with Crippen LogP contribution in [0.4, 0.5) is 4.79 Å². The smallest absolute Gasteiger partial charge is 0.414 e. The van der Waals surface area contributed by atoms with Crippen molar-refractivity contribution in [1.29, 1.82) is 0 Å². The molecule has 110 valence electrons. The first-order chi connectivity index (χ1) is 8.61. The van der Waals surface area contributed by atoms with Crippen molar-refractivity contribution in [3.05, 3.63) is 0 Å². The summed E-state index contributed by atoms with van der Waals surface area (Å²) in [4.78, 5) is 29.3. The number of carbonyl (C=O) groups excluding carboxylic acids is 1. The van der Waals surface area contributed by atoms with Crippen LogP contribution >= 0.6 is 0 Å². The van der Waals surface area contributed by atoms with E-state index in [1.54, 1.807) is 0 Å². The molecule has 8 heteroatoms. The molecule has 0 spiro atoms. The van der Waals surface area contributed by atoms with Crippen LogP contribution in [0.3, 0.4) is 0 Å². The zero-order chi connectivity index (χ0) is 15.1. The van der Waals surface area contributed by atoms with Gasteiger partial charge in [0.05, 0.1) is 0 Å². The van der Waals surface area contributed by atoms with Crippen molar-refractivity contribution in [2.75, 3.05) is 19.6 Å². The van der Waals surface area contributed by atoms with Crippen molar-refractivity contribution >= 4 is 18.0 Å². The number of hydrogen-bond acceptors (Lipinski definition) is 5. The fourth-order valence-corrected chi connectivity index (χ4v) is 1.03.